The zero-order chi connectivity index (χ0) is 19.2. The number of esters is 1. The molecule has 0 fully saturated rings. The van der Waals surface area contributed by atoms with Crippen molar-refractivity contribution in [2.75, 3.05) is 6.61 Å². The van der Waals surface area contributed by atoms with Crippen LogP contribution < -0.4 is 5.32 Å². The van der Waals surface area contributed by atoms with Gasteiger partial charge in [0.1, 0.15) is 11.4 Å². The van der Waals surface area contributed by atoms with Gasteiger partial charge in [0.25, 0.3) is 5.91 Å². The molecule has 1 amide bonds. The van der Waals surface area contributed by atoms with Crippen LogP contribution in [-0.2, 0) is 9.53 Å². The second-order valence-corrected chi connectivity index (χ2v) is 6.61. The molecule has 0 bridgehead atoms. The van der Waals surface area contributed by atoms with E-state index < -0.39 is 11.5 Å². The molecule has 2 rings (SSSR count). The Morgan fingerprint density at radius 3 is 2.35 bits per heavy atom. The molecule has 0 saturated heterocycles. The van der Waals surface area contributed by atoms with Gasteiger partial charge < -0.3 is 15.2 Å². The number of phenolic OH excluding ortho intramolecular Hbond substituents is 1. The summed E-state index contributed by atoms with van der Waals surface area (Å²) in [4.78, 5) is 24.0. The Morgan fingerprint density at radius 2 is 1.69 bits per heavy atom. The fraction of sp³-hybridized carbons (Fsp3) is 0.263. The van der Waals surface area contributed by atoms with Gasteiger partial charge >= 0.3 is 5.97 Å². The Morgan fingerprint density at radius 1 is 1.04 bits per heavy atom. The van der Waals surface area contributed by atoms with Crippen LogP contribution in [0, 0.1) is 0 Å². The molecule has 7 nitrogen and oxygen atoms in total. The average Bonchev–Trinajstić information content (AvgIpc) is 2.58. The molecule has 0 aliphatic rings. The quantitative estimate of drug-likeness (QED) is 0.628. The number of rotatable bonds is 5. The van der Waals surface area contributed by atoms with E-state index in [2.05, 4.69) is 15.5 Å². The number of carbonyl (C=O) groups is 2. The van der Waals surface area contributed by atoms with E-state index in [1.165, 1.54) is 12.1 Å². The molecule has 2 aromatic carbocycles. The highest BCUT2D eigenvalue weighted by Crippen LogP contribution is 2.24. The van der Waals surface area contributed by atoms with Crippen molar-refractivity contribution in [2.45, 2.75) is 26.3 Å². The summed E-state index contributed by atoms with van der Waals surface area (Å²) in [5.41, 5.74) is 0.649. The lowest BCUT2D eigenvalue weighted by atomic mass is 10.1. The summed E-state index contributed by atoms with van der Waals surface area (Å²) in [6, 6.07) is 12.7. The molecule has 0 heterocycles. The van der Waals surface area contributed by atoms with Gasteiger partial charge in [-0.15, -0.1) is 5.11 Å². The number of nitrogens with zero attached hydrogens (tertiary/aromatic N) is 2. The van der Waals surface area contributed by atoms with E-state index in [-0.39, 0.29) is 23.8 Å². The van der Waals surface area contributed by atoms with Gasteiger partial charge in [0.05, 0.1) is 11.3 Å². The molecular weight excluding hydrogens is 334 g/mol. The summed E-state index contributed by atoms with van der Waals surface area (Å²) in [6.07, 6.45) is 0. The molecular formula is C19H21N3O4. The molecule has 0 atom stereocenters. The van der Waals surface area contributed by atoms with Gasteiger partial charge in [-0.1, -0.05) is 12.1 Å². The first-order valence-electron chi connectivity index (χ1n) is 8.02. The van der Waals surface area contributed by atoms with Crippen LogP contribution in [0.15, 0.2) is 58.8 Å². The minimum absolute atomic E-state index is 0.126. The Hall–Kier alpha value is -3.22. The van der Waals surface area contributed by atoms with Crippen molar-refractivity contribution in [3.63, 3.8) is 0 Å². The standard InChI is InChI=1S/C19H21N3O4/c1-19(2,3)20-17(24)12-26-18(25)15-6-4-5-7-16(15)22-21-13-8-10-14(23)11-9-13/h4-11,23H,12H2,1-3H3,(H,20,24). The summed E-state index contributed by atoms with van der Waals surface area (Å²) in [6.45, 7) is 5.14. The number of phenols is 1. The Labute approximate surface area is 151 Å². The van der Waals surface area contributed by atoms with Gasteiger partial charge in [-0.05, 0) is 57.2 Å². The third-order valence-corrected chi connectivity index (χ3v) is 3.10. The van der Waals surface area contributed by atoms with E-state index in [4.69, 9.17) is 4.74 Å². The second kappa shape index (κ2) is 8.24. The number of hydrogen-bond donors (Lipinski definition) is 2. The normalized spacial score (nSPS) is 11.3. The third kappa shape index (κ3) is 6.01. The van der Waals surface area contributed by atoms with E-state index in [1.807, 2.05) is 20.8 Å². The predicted molar refractivity (Wildman–Crippen MR) is 96.9 cm³/mol. The molecule has 2 aromatic rings. The van der Waals surface area contributed by atoms with Crippen LogP contribution in [0.1, 0.15) is 31.1 Å². The van der Waals surface area contributed by atoms with Crippen molar-refractivity contribution in [1.82, 2.24) is 5.32 Å². The van der Waals surface area contributed by atoms with Crippen LogP contribution in [0.4, 0.5) is 11.4 Å². The van der Waals surface area contributed by atoms with Gasteiger partial charge in [-0.2, -0.15) is 5.11 Å². The molecule has 0 aromatic heterocycles. The van der Waals surface area contributed by atoms with Crippen molar-refractivity contribution >= 4 is 23.3 Å². The fourth-order valence-corrected chi connectivity index (χ4v) is 2.03. The Kier molecular flexibility index (Phi) is 6.06. The zero-order valence-electron chi connectivity index (χ0n) is 14.9. The van der Waals surface area contributed by atoms with Crippen LogP contribution in [0.5, 0.6) is 5.75 Å². The molecule has 0 unspecified atom stereocenters. The van der Waals surface area contributed by atoms with E-state index in [1.54, 1.807) is 36.4 Å². The van der Waals surface area contributed by atoms with Gasteiger partial charge in [0.15, 0.2) is 6.61 Å². The summed E-state index contributed by atoms with van der Waals surface area (Å²) in [5, 5.41) is 20.1. The second-order valence-electron chi connectivity index (χ2n) is 6.61. The maximum atomic E-state index is 12.3. The highest BCUT2D eigenvalue weighted by molar-refractivity contribution is 5.96. The van der Waals surface area contributed by atoms with Gasteiger partial charge in [-0.25, -0.2) is 4.79 Å². The van der Waals surface area contributed by atoms with Crippen LogP contribution in [0.3, 0.4) is 0 Å². The number of ether oxygens (including phenoxy) is 1. The van der Waals surface area contributed by atoms with Gasteiger partial charge in [0, 0.05) is 5.54 Å². The highest BCUT2D eigenvalue weighted by atomic mass is 16.5. The number of benzene rings is 2. The summed E-state index contributed by atoms with van der Waals surface area (Å²) in [7, 11) is 0. The summed E-state index contributed by atoms with van der Waals surface area (Å²) < 4.78 is 5.06. The van der Waals surface area contributed by atoms with Crippen molar-refractivity contribution in [3.05, 3.63) is 54.1 Å². The van der Waals surface area contributed by atoms with E-state index in [0.717, 1.165) is 0 Å². The largest absolute Gasteiger partial charge is 0.508 e. The molecule has 0 saturated carbocycles. The molecule has 0 radical (unpaired) electrons. The lowest BCUT2D eigenvalue weighted by molar-refractivity contribution is -0.125. The molecule has 0 aliphatic heterocycles. The maximum absolute atomic E-state index is 12.3. The van der Waals surface area contributed by atoms with Crippen molar-refractivity contribution in [2.24, 2.45) is 10.2 Å². The van der Waals surface area contributed by atoms with Gasteiger partial charge in [-0.3, -0.25) is 4.79 Å². The molecule has 7 heteroatoms. The van der Waals surface area contributed by atoms with Gasteiger partial charge in [0.2, 0.25) is 0 Å². The number of hydrogen-bond acceptors (Lipinski definition) is 6. The predicted octanol–water partition coefficient (Wildman–Crippen LogP) is 3.88. The number of aromatic hydroxyl groups is 1. The lowest BCUT2D eigenvalue weighted by Crippen LogP contribution is -2.42. The zero-order valence-corrected chi connectivity index (χ0v) is 14.9. The van der Waals surface area contributed by atoms with E-state index in [9.17, 15) is 14.7 Å². The first-order chi connectivity index (χ1) is 12.2. The van der Waals surface area contributed by atoms with E-state index in [0.29, 0.717) is 11.4 Å². The molecule has 2 N–H and O–H groups in total. The highest BCUT2D eigenvalue weighted by Gasteiger charge is 2.17. The minimum Gasteiger partial charge on any atom is -0.508 e. The van der Waals surface area contributed by atoms with Crippen LogP contribution in [0.25, 0.3) is 0 Å². The SMILES string of the molecule is CC(C)(C)NC(=O)COC(=O)c1ccccc1N=Nc1ccc(O)cc1. The molecule has 0 spiro atoms. The number of nitrogens with one attached hydrogen (secondary N) is 1. The van der Waals surface area contributed by atoms with Crippen molar-refractivity contribution in [1.29, 1.82) is 0 Å². The monoisotopic (exact) mass is 355 g/mol. The first-order valence-corrected chi connectivity index (χ1v) is 8.02. The van der Waals surface area contributed by atoms with Crippen LogP contribution in [0.2, 0.25) is 0 Å². The van der Waals surface area contributed by atoms with Crippen molar-refractivity contribution in [3.8, 4) is 5.75 Å². The Bertz CT molecular complexity index is 808. The first kappa shape index (κ1) is 19.1. The number of carbonyl (C=O) groups excluding carboxylic acids is 2. The summed E-state index contributed by atoms with van der Waals surface area (Å²) >= 11 is 0. The summed E-state index contributed by atoms with van der Waals surface area (Å²) in [5.74, 6) is -0.912. The Balaban J connectivity index is 2.06. The number of azo groups is 1. The van der Waals surface area contributed by atoms with Crippen molar-refractivity contribution < 1.29 is 19.4 Å². The maximum Gasteiger partial charge on any atom is 0.340 e. The molecule has 136 valence electrons. The third-order valence-electron chi connectivity index (χ3n) is 3.10. The minimum atomic E-state index is -0.658. The topological polar surface area (TPSA) is 100 Å². The van der Waals surface area contributed by atoms with Crippen LogP contribution >= 0.6 is 0 Å². The fourth-order valence-electron chi connectivity index (χ4n) is 2.03. The lowest BCUT2D eigenvalue weighted by Gasteiger charge is -2.20. The molecule has 0 aliphatic carbocycles. The number of amides is 1. The average molecular weight is 355 g/mol. The van der Waals surface area contributed by atoms with E-state index >= 15 is 0 Å². The molecule has 26 heavy (non-hydrogen) atoms. The smallest absolute Gasteiger partial charge is 0.340 e. The van der Waals surface area contributed by atoms with Crippen LogP contribution in [-0.4, -0.2) is 29.1 Å².